The number of hydrogen-bond acceptors (Lipinski definition) is 4. The molecule has 0 atom stereocenters. The number of benzene rings is 3. The summed E-state index contributed by atoms with van der Waals surface area (Å²) in [6.45, 7) is 3.79. The maximum Gasteiger partial charge on any atom is 0.262 e. The molecule has 0 radical (unpaired) electrons. The SMILES string of the molecule is CCN1C(=O)c2cccc3c(S(=O)(=O)Nc4ccc(NC(C)=O)cc4)ccc1c23. The Labute approximate surface area is 168 Å². The zero-order valence-electron chi connectivity index (χ0n) is 15.9. The van der Waals surface area contributed by atoms with Gasteiger partial charge >= 0.3 is 0 Å². The average molecular weight is 409 g/mol. The van der Waals surface area contributed by atoms with Gasteiger partial charge in [0.2, 0.25) is 5.91 Å². The van der Waals surface area contributed by atoms with E-state index in [1.54, 1.807) is 53.4 Å². The molecule has 0 aliphatic carbocycles. The smallest absolute Gasteiger partial charge is 0.262 e. The first kappa shape index (κ1) is 18.9. The van der Waals surface area contributed by atoms with Gasteiger partial charge in [0.15, 0.2) is 0 Å². The number of amides is 2. The largest absolute Gasteiger partial charge is 0.326 e. The summed E-state index contributed by atoms with van der Waals surface area (Å²) in [4.78, 5) is 25.5. The molecule has 0 unspecified atom stereocenters. The van der Waals surface area contributed by atoms with Crippen LogP contribution >= 0.6 is 0 Å². The standard InChI is InChI=1S/C21H19N3O4S/c1-3-24-18-11-12-19(16-5-4-6-17(20(16)18)21(24)26)29(27,28)23-15-9-7-14(8-10-15)22-13(2)25/h4-12,23H,3H2,1-2H3,(H,22,25). The van der Waals surface area contributed by atoms with Gasteiger partial charge in [0.05, 0.1) is 10.6 Å². The van der Waals surface area contributed by atoms with Crippen LogP contribution in [0.25, 0.3) is 10.8 Å². The van der Waals surface area contributed by atoms with Gasteiger partial charge in [-0.15, -0.1) is 0 Å². The summed E-state index contributed by atoms with van der Waals surface area (Å²) < 4.78 is 28.7. The molecule has 2 N–H and O–H groups in total. The van der Waals surface area contributed by atoms with Crippen LogP contribution in [0.15, 0.2) is 59.5 Å². The van der Waals surface area contributed by atoms with Crippen LogP contribution in [-0.4, -0.2) is 26.8 Å². The van der Waals surface area contributed by atoms with Gasteiger partial charge in [-0.3, -0.25) is 14.3 Å². The van der Waals surface area contributed by atoms with Crippen molar-refractivity contribution in [3.05, 3.63) is 60.2 Å². The molecule has 2 amide bonds. The lowest BCUT2D eigenvalue weighted by Gasteiger charge is -2.16. The number of nitrogens with zero attached hydrogens (tertiary/aromatic N) is 1. The fraction of sp³-hybridized carbons (Fsp3) is 0.143. The molecule has 0 bridgehead atoms. The summed E-state index contributed by atoms with van der Waals surface area (Å²) in [5.74, 6) is -0.328. The van der Waals surface area contributed by atoms with Crippen molar-refractivity contribution in [2.24, 2.45) is 0 Å². The van der Waals surface area contributed by atoms with Gasteiger partial charge in [0.25, 0.3) is 15.9 Å². The van der Waals surface area contributed by atoms with Crippen LogP contribution in [0.3, 0.4) is 0 Å². The molecule has 1 aliphatic heterocycles. The third-order valence-corrected chi connectivity index (χ3v) is 6.25. The first-order chi connectivity index (χ1) is 13.8. The van der Waals surface area contributed by atoms with E-state index >= 15 is 0 Å². The van der Waals surface area contributed by atoms with Gasteiger partial charge in [-0.2, -0.15) is 0 Å². The quantitative estimate of drug-likeness (QED) is 0.673. The van der Waals surface area contributed by atoms with Crippen molar-refractivity contribution in [3.8, 4) is 0 Å². The molecule has 148 valence electrons. The molecule has 0 aromatic heterocycles. The predicted octanol–water partition coefficient (Wildman–Crippen LogP) is 3.58. The lowest BCUT2D eigenvalue weighted by molar-refractivity contribution is -0.114. The Morgan fingerprint density at radius 1 is 1.00 bits per heavy atom. The maximum atomic E-state index is 13.1. The fourth-order valence-electron chi connectivity index (χ4n) is 3.60. The monoisotopic (exact) mass is 409 g/mol. The van der Waals surface area contributed by atoms with Crippen LogP contribution in [0.4, 0.5) is 17.1 Å². The molecule has 0 fully saturated rings. The van der Waals surface area contributed by atoms with Crippen LogP contribution in [0.2, 0.25) is 0 Å². The minimum absolute atomic E-state index is 0.106. The third-order valence-electron chi connectivity index (χ3n) is 4.81. The van der Waals surface area contributed by atoms with Crippen molar-refractivity contribution < 1.29 is 18.0 Å². The Morgan fingerprint density at radius 3 is 2.34 bits per heavy atom. The van der Waals surface area contributed by atoms with Crippen LogP contribution in [-0.2, 0) is 14.8 Å². The highest BCUT2D eigenvalue weighted by Gasteiger charge is 2.31. The number of hydrogen-bond donors (Lipinski definition) is 2. The Hall–Kier alpha value is -3.39. The van der Waals surface area contributed by atoms with Gasteiger partial charge in [0, 0.05) is 41.2 Å². The minimum Gasteiger partial charge on any atom is -0.326 e. The molecule has 0 saturated heterocycles. The first-order valence-corrected chi connectivity index (χ1v) is 10.6. The van der Waals surface area contributed by atoms with E-state index in [1.807, 2.05) is 6.92 Å². The van der Waals surface area contributed by atoms with E-state index in [1.165, 1.54) is 13.0 Å². The van der Waals surface area contributed by atoms with Crippen molar-refractivity contribution in [1.29, 1.82) is 0 Å². The molecule has 8 heteroatoms. The van der Waals surface area contributed by atoms with Crippen LogP contribution in [0.1, 0.15) is 24.2 Å². The van der Waals surface area contributed by atoms with E-state index in [-0.39, 0.29) is 16.7 Å². The van der Waals surface area contributed by atoms with Crippen LogP contribution < -0.4 is 14.9 Å². The second-order valence-corrected chi connectivity index (χ2v) is 8.38. The van der Waals surface area contributed by atoms with Crippen molar-refractivity contribution >= 4 is 49.7 Å². The molecular weight excluding hydrogens is 390 g/mol. The molecule has 3 aromatic carbocycles. The lowest BCUT2D eigenvalue weighted by atomic mass is 10.1. The molecule has 29 heavy (non-hydrogen) atoms. The number of sulfonamides is 1. The second kappa shape index (κ2) is 6.89. The van der Waals surface area contributed by atoms with E-state index in [9.17, 15) is 18.0 Å². The fourth-order valence-corrected chi connectivity index (χ4v) is 4.87. The Bertz CT molecular complexity index is 1250. The van der Waals surface area contributed by atoms with Crippen molar-refractivity contribution in [3.63, 3.8) is 0 Å². The Kier molecular flexibility index (Phi) is 4.50. The molecular formula is C21H19N3O4S. The normalized spacial score (nSPS) is 13.0. The number of carbonyl (C=O) groups is 2. The predicted molar refractivity (Wildman–Crippen MR) is 113 cm³/mol. The third kappa shape index (κ3) is 3.21. The van der Waals surface area contributed by atoms with Gasteiger partial charge in [-0.05, 0) is 49.4 Å². The second-order valence-electron chi connectivity index (χ2n) is 6.72. The summed E-state index contributed by atoms with van der Waals surface area (Å²) in [6, 6.07) is 14.7. The summed E-state index contributed by atoms with van der Waals surface area (Å²) in [5, 5.41) is 3.79. The van der Waals surface area contributed by atoms with E-state index < -0.39 is 10.0 Å². The summed E-state index contributed by atoms with van der Waals surface area (Å²) in [6.07, 6.45) is 0. The van der Waals surface area contributed by atoms with Crippen molar-refractivity contribution in [1.82, 2.24) is 0 Å². The van der Waals surface area contributed by atoms with Gasteiger partial charge in [-0.1, -0.05) is 12.1 Å². The van der Waals surface area contributed by atoms with Crippen LogP contribution in [0.5, 0.6) is 0 Å². The summed E-state index contributed by atoms with van der Waals surface area (Å²) >= 11 is 0. The summed E-state index contributed by atoms with van der Waals surface area (Å²) in [7, 11) is -3.89. The molecule has 7 nitrogen and oxygen atoms in total. The molecule has 1 heterocycles. The average Bonchev–Trinajstić information content (AvgIpc) is 2.96. The van der Waals surface area contributed by atoms with Gasteiger partial charge < -0.3 is 10.2 Å². The Balaban J connectivity index is 1.74. The van der Waals surface area contributed by atoms with Gasteiger partial charge in [-0.25, -0.2) is 8.42 Å². The summed E-state index contributed by atoms with van der Waals surface area (Å²) in [5.41, 5.74) is 2.18. The zero-order chi connectivity index (χ0) is 20.8. The van der Waals surface area contributed by atoms with E-state index in [2.05, 4.69) is 10.0 Å². The van der Waals surface area contributed by atoms with Crippen molar-refractivity contribution in [2.45, 2.75) is 18.7 Å². The molecule has 1 aliphatic rings. The topological polar surface area (TPSA) is 95.6 Å². The number of anilines is 3. The number of rotatable bonds is 5. The minimum atomic E-state index is -3.89. The molecule has 0 saturated carbocycles. The van der Waals surface area contributed by atoms with Crippen molar-refractivity contribution in [2.75, 3.05) is 21.5 Å². The highest BCUT2D eigenvalue weighted by molar-refractivity contribution is 7.93. The van der Waals surface area contributed by atoms with E-state index in [0.717, 1.165) is 5.69 Å². The number of nitrogens with one attached hydrogen (secondary N) is 2. The highest BCUT2D eigenvalue weighted by Crippen LogP contribution is 2.40. The molecule has 3 aromatic rings. The first-order valence-electron chi connectivity index (χ1n) is 9.10. The van der Waals surface area contributed by atoms with E-state index in [4.69, 9.17) is 0 Å². The van der Waals surface area contributed by atoms with Crippen LogP contribution in [0, 0.1) is 0 Å². The zero-order valence-corrected chi connectivity index (χ0v) is 16.7. The maximum absolute atomic E-state index is 13.1. The highest BCUT2D eigenvalue weighted by atomic mass is 32.2. The molecule has 4 rings (SSSR count). The molecule has 0 spiro atoms. The lowest BCUT2D eigenvalue weighted by Crippen LogP contribution is -2.25. The Morgan fingerprint density at radius 2 is 1.69 bits per heavy atom. The van der Waals surface area contributed by atoms with Gasteiger partial charge in [0.1, 0.15) is 0 Å². The number of carbonyl (C=O) groups excluding carboxylic acids is 2. The van der Waals surface area contributed by atoms with E-state index in [0.29, 0.717) is 34.3 Å².